The molecule has 2 aromatic heterocycles. The molecule has 0 saturated carbocycles. The van der Waals surface area contributed by atoms with Gasteiger partial charge in [-0.2, -0.15) is 0 Å². The van der Waals surface area contributed by atoms with E-state index in [9.17, 15) is 9.59 Å². The summed E-state index contributed by atoms with van der Waals surface area (Å²) < 4.78 is 13.2. The first-order valence-electron chi connectivity index (χ1n) is 13.9. The normalized spacial score (nSPS) is 20.4. The molecule has 6 rings (SSSR count). The quantitative estimate of drug-likeness (QED) is 0.359. The molecule has 39 heavy (non-hydrogen) atoms. The van der Waals surface area contributed by atoms with Crippen molar-refractivity contribution >= 4 is 16.9 Å². The molecule has 204 valence electrons. The number of likely N-dealkylation sites (tertiary alicyclic amines) is 1. The minimum atomic E-state index is -0.0684. The van der Waals surface area contributed by atoms with Crippen LogP contribution in [0.25, 0.3) is 11.0 Å². The number of piperidine rings is 2. The number of amides is 1. The molecule has 9 nitrogen and oxygen atoms in total. The van der Waals surface area contributed by atoms with Crippen molar-refractivity contribution in [2.45, 2.75) is 44.8 Å². The number of carbonyl (C=O) groups is 1. The molecule has 9 heteroatoms. The van der Waals surface area contributed by atoms with Gasteiger partial charge in [-0.3, -0.25) is 9.36 Å². The van der Waals surface area contributed by atoms with E-state index in [1.807, 2.05) is 70.1 Å². The van der Waals surface area contributed by atoms with E-state index in [2.05, 4.69) is 15.5 Å². The molecule has 0 spiro atoms. The van der Waals surface area contributed by atoms with Gasteiger partial charge in [0.05, 0.1) is 16.7 Å². The molecule has 2 atom stereocenters. The second kappa shape index (κ2) is 11.5. The molecule has 2 aromatic carbocycles. The molecule has 4 heterocycles. The zero-order chi connectivity index (χ0) is 26.6. The highest BCUT2D eigenvalue weighted by Gasteiger charge is 2.32. The molecule has 2 aliphatic heterocycles. The summed E-state index contributed by atoms with van der Waals surface area (Å²) >= 11 is 0. The van der Waals surface area contributed by atoms with Crippen LogP contribution in [-0.2, 0) is 17.8 Å². The molecule has 0 bridgehead atoms. The predicted octanol–water partition coefficient (Wildman–Crippen LogP) is 3.92. The average Bonchev–Trinajstić information content (AvgIpc) is 3.56. The number of nitrogens with zero attached hydrogens (tertiary/aromatic N) is 3. The molecule has 2 N–H and O–H groups in total. The second-order valence-corrected chi connectivity index (χ2v) is 10.7. The van der Waals surface area contributed by atoms with Crippen LogP contribution in [0.1, 0.15) is 43.2 Å². The van der Waals surface area contributed by atoms with Gasteiger partial charge < -0.3 is 24.5 Å². The minimum absolute atomic E-state index is 0.0684. The maximum atomic E-state index is 13.3. The van der Waals surface area contributed by atoms with Gasteiger partial charge in [-0.1, -0.05) is 35.5 Å². The number of carbonyl (C=O) groups excluding carboxylic acids is 1. The molecule has 2 aliphatic rings. The van der Waals surface area contributed by atoms with E-state index in [1.54, 1.807) is 0 Å². The van der Waals surface area contributed by atoms with Gasteiger partial charge in [-0.15, -0.1) is 0 Å². The zero-order valence-corrected chi connectivity index (χ0v) is 22.1. The van der Waals surface area contributed by atoms with Gasteiger partial charge in [0.15, 0.2) is 5.76 Å². The Bertz CT molecular complexity index is 1450. The van der Waals surface area contributed by atoms with E-state index >= 15 is 0 Å². The summed E-state index contributed by atoms with van der Waals surface area (Å²) in [6.07, 6.45) is 3.86. The predicted molar refractivity (Wildman–Crippen MR) is 147 cm³/mol. The minimum Gasteiger partial charge on any atom is -0.486 e. The lowest BCUT2D eigenvalue weighted by Crippen LogP contribution is -2.44. The summed E-state index contributed by atoms with van der Waals surface area (Å²) in [5.41, 5.74) is 2.63. The maximum Gasteiger partial charge on any atom is 0.326 e. The number of para-hydroxylation sites is 3. The Morgan fingerprint density at radius 1 is 1.03 bits per heavy atom. The van der Waals surface area contributed by atoms with Gasteiger partial charge in [0, 0.05) is 31.6 Å². The highest BCUT2D eigenvalue weighted by Crippen LogP contribution is 2.29. The van der Waals surface area contributed by atoms with Crippen molar-refractivity contribution in [3.05, 3.63) is 82.6 Å². The van der Waals surface area contributed by atoms with Crippen molar-refractivity contribution in [3.8, 4) is 5.75 Å². The number of hydrogen-bond acceptors (Lipinski definition) is 6. The molecule has 2 fully saturated rings. The van der Waals surface area contributed by atoms with Gasteiger partial charge in [-0.05, 0) is 74.9 Å². The molecule has 2 saturated heterocycles. The lowest BCUT2D eigenvalue weighted by Gasteiger charge is -2.36. The van der Waals surface area contributed by atoms with Crippen LogP contribution in [-0.4, -0.2) is 51.7 Å². The molecule has 0 aliphatic carbocycles. The highest BCUT2D eigenvalue weighted by molar-refractivity contribution is 5.77. The van der Waals surface area contributed by atoms with Crippen LogP contribution >= 0.6 is 0 Å². The molecular weight excluding hydrogens is 494 g/mol. The summed E-state index contributed by atoms with van der Waals surface area (Å²) in [4.78, 5) is 30.9. The van der Waals surface area contributed by atoms with E-state index in [0.717, 1.165) is 61.2 Å². The van der Waals surface area contributed by atoms with E-state index in [4.69, 9.17) is 9.26 Å². The van der Waals surface area contributed by atoms with Crippen LogP contribution in [0, 0.1) is 11.8 Å². The Labute approximate surface area is 227 Å². The maximum absolute atomic E-state index is 13.3. The van der Waals surface area contributed by atoms with Crippen molar-refractivity contribution in [2.75, 3.05) is 26.2 Å². The van der Waals surface area contributed by atoms with Crippen molar-refractivity contribution in [1.82, 2.24) is 24.9 Å². The third-order valence-corrected chi connectivity index (χ3v) is 8.21. The SMILES string of the molecule is O=C(C[C@@H]1CCNC[C@@H]1Cc1cc(COc2ccccc2)on1)N1CCC(n2c(=O)[nH]c3ccccc32)CC1. The Kier molecular flexibility index (Phi) is 7.49. The number of aromatic nitrogens is 3. The summed E-state index contributed by atoms with van der Waals surface area (Å²) in [6.45, 7) is 3.49. The van der Waals surface area contributed by atoms with Gasteiger partial charge in [0.2, 0.25) is 5.91 Å². The number of H-pyrrole nitrogens is 1. The van der Waals surface area contributed by atoms with Crippen molar-refractivity contribution in [3.63, 3.8) is 0 Å². The van der Waals surface area contributed by atoms with Crippen molar-refractivity contribution in [2.24, 2.45) is 11.8 Å². The average molecular weight is 530 g/mol. The number of imidazole rings is 1. The van der Waals surface area contributed by atoms with E-state index < -0.39 is 0 Å². The first kappa shape index (κ1) is 25.4. The Morgan fingerprint density at radius 2 is 1.82 bits per heavy atom. The van der Waals surface area contributed by atoms with Crippen LogP contribution in [0.5, 0.6) is 5.75 Å². The fourth-order valence-electron chi connectivity index (χ4n) is 6.11. The van der Waals surface area contributed by atoms with Crippen molar-refractivity contribution < 1.29 is 14.1 Å². The van der Waals surface area contributed by atoms with Crippen LogP contribution in [0.3, 0.4) is 0 Å². The third kappa shape index (κ3) is 5.78. The lowest BCUT2D eigenvalue weighted by molar-refractivity contribution is -0.134. The second-order valence-electron chi connectivity index (χ2n) is 10.7. The van der Waals surface area contributed by atoms with E-state index in [0.29, 0.717) is 43.7 Å². The van der Waals surface area contributed by atoms with E-state index in [1.165, 1.54) is 0 Å². The molecular formula is C30H35N5O4. The van der Waals surface area contributed by atoms with Crippen LogP contribution in [0.15, 0.2) is 70.0 Å². The van der Waals surface area contributed by atoms with Crippen molar-refractivity contribution in [1.29, 1.82) is 0 Å². The monoisotopic (exact) mass is 529 g/mol. The van der Waals surface area contributed by atoms with E-state index in [-0.39, 0.29) is 17.6 Å². The number of ether oxygens (including phenoxy) is 1. The fourth-order valence-corrected chi connectivity index (χ4v) is 6.11. The summed E-state index contributed by atoms with van der Waals surface area (Å²) in [6, 6.07) is 19.5. The fraction of sp³-hybridized carbons (Fsp3) is 0.433. The lowest BCUT2D eigenvalue weighted by atomic mass is 9.81. The van der Waals surface area contributed by atoms with Gasteiger partial charge in [0.1, 0.15) is 12.4 Å². The molecule has 0 radical (unpaired) electrons. The summed E-state index contributed by atoms with van der Waals surface area (Å²) in [7, 11) is 0. The molecule has 0 unspecified atom stereocenters. The number of hydrogen-bond donors (Lipinski definition) is 2. The molecule has 4 aromatic rings. The number of fused-ring (bicyclic) bond motifs is 1. The smallest absolute Gasteiger partial charge is 0.326 e. The number of rotatable bonds is 8. The third-order valence-electron chi connectivity index (χ3n) is 8.21. The van der Waals surface area contributed by atoms with Gasteiger partial charge in [-0.25, -0.2) is 4.79 Å². The van der Waals surface area contributed by atoms with Crippen LogP contribution < -0.4 is 15.7 Å². The Hall–Kier alpha value is -3.85. The summed E-state index contributed by atoms with van der Waals surface area (Å²) in [5, 5.41) is 7.77. The highest BCUT2D eigenvalue weighted by atomic mass is 16.5. The number of aromatic amines is 1. The first-order chi connectivity index (χ1) is 19.1. The topological polar surface area (TPSA) is 105 Å². The zero-order valence-electron chi connectivity index (χ0n) is 22.1. The standard InChI is InChI=1S/C30H35N5O4/c36-29(34-14-11-24(12-15-34)35-28-9-5-4-8-27(28)32-30(35)37)17-21-10-13-31-19-22(21)16-23-18-26(39-33-23)20-38-25-6-2-1-3-7-25/h1-9,18,21-22,24,31H,10-17,19-20H2,(H,32,37)/t21-,22-/m0/s1. The van der Waals surface area contributed by atoms with Gasteiger partial charge >= 0.3 is 5.69 Å². The molecule has 1 amide bonds. The Balaban J connectivity index is 1.03. The Morgan fingerprint density at radius 3 is 2.67 bits per heavy atom. The first-order valence-corrected chi connectivity index (χ1v) is 13.9. The summed E-state index contributed by atoms with van der Waals surface area (Å²) in [5.74, 6) is 2.32. The number of benzene rings is 2. The van der Waals surface area contributed by atoms with Crippen LogP contribution in [0.4, 0.5) is 0 Å². The van der Waals surface area contributed by atoms with Gasteiger partial charge in [0.25, 0.3) is 0 Å². The van der Waals surface area contributed by atoms with Crippen LogP contribution in [0.2, 0.25) is 0 Å². The largest absolute Gasteiger partial charge is 0.486 e. The number of nitrogens with one attached hydrogen (secondary N) is 2.